The molecule has 14 rings (SSSR count). The Balaban J connectivity index is 1.08. The normalized spacial score (nSPS) is 22.8. The highest BCUT2D eigenvalue weighted by Gasteiger charge is 2.59. The molecule has 3 heterocycles. The number of pyridine rings is 1. The van der Waals surface area contributed by atoms with Crippen LogP contribution in [0, 0.1) is 13.1 Å². The summed E-state index contributed by atoms with van der Waals surface area (Å²) in [6, 6.07) is 60.9. The van der Waals surface area contributed by atoms with Crippen LogP contribution in [-0.2, 0) is 10.8 Å². The van der Waals surface area contributed by atoms with Crippen LogP contribution < -0.4 is 9.80 Å². The van der Waals surface area contributed by atoms with E-state index >= 15 is 0 Å². The third-order valence-electron chi connectivity index (χ3n) is 19.2. The maximum absolute atomic E-state index is 7.93. The molecule has 0 radical (unpaired) electrons. The second kappa shape index (κ2) is 16.1. The van der Waals surface area contributed by atoms with E-state index in [1.165, 1.54) is 119 Å². The Morgan fingerprint density at radius 2 is 0.946 bits per heavy atom. The van der Waals surface area contributed by atoms with Gasteiger partial charge in [0.25, 0.3) is 0 Å². The maximum Gasteiger partial charge on any atom is 0.189 e. The lowest BCUT2D eigenvalue weighted by molar-refractivity contribution is 0.195. The van der Waals surface area contributed by atoms with Gasteiger partial charge in [-0.2, -0.15) is 0 Å². The molecule has 2 aliphatic heterocycles. The first-order valence-electron chi connectivity index (χ1n) is 26.7. The molecular formula is C69H57N5. The second-order valence-corrected chi connectivity index (χ2v) is 22.7. The van der Waals surface area contributed by atoms with Crippen LogP contribution in [0.25, 0.3) is 86.2 Å². The fourth-order valence-corrected chi connectivity index (χ4v) is 15.1. The number of benzene rings is 9. The fraction of sp³-hybridized carbons (Fsp3) is 0.232. The molecule has 10 aromatic rings. The molecule has 358 valence electrons. The summed E-state index contributed by atoms with van der Waals surface area (Å²) in [7, 11) is 0. The lowest BCUT2D eigenvalue weighted by Gasteiger charge is -2.50. The molecular weight excluding hydrogens is 899 g/mol. The summed E-state index contributed by atoms with van der Waals surface area (Å²) < 4.78 is 0. The molecule has 9 aromatic carbocycles. The van der Waals surface area contributed by atoms with Crippen molar-refractivity contribution in [3.8, 4) is 33.4 Å². The lowest BCUT2D eigenvalue weighted by Crippen LogP contribution is -2.54. The molecule has 0 amide bonds. The summed E-state index contributed by atoms with van der Waals surface area (Å²) in [5, 5.41) is 9.83. The van der Waals surface area contributed by atoms with Crippen molar-refractivity contribution < 1.29 is 0 Å². The molecule has 0 saturated heterocycles. The SMILES string of the molecule is [C-]#[N+]c1cccc(N2c3ccc(-c4c5ccccc5c(-c5ccc6c(c5)C5(C)CCCCC5(C)N6c5cccc([N+]#[C-])c5)c5cc6c(cc45)c(-c4cccnc4)cc4ccccc46)cc3C3(C)CCCCC23C)c1. The van der Waals surface area contributed by atoms with E-state index in [0.29, 0.717) is 11.4 Å². The van der Waals surface area contributed by atoms with Gasteiger partial charge < -0.3 is 9.80 Å². The molecule has 5 heteroatoms. The van der Waals surface area contributed by atoms with Crippen LogP contribution in [0.4, 0.5) is 34.1 Å². The van der Waals surface area contributed by atoms with Crippen LogP contribution in [0.15, 0.2) is 176 Å². The highest BCUT2D eigenvalue weighted by molar-refractivity contribution is 6.27. The minimum atomic E-state index is -0.162. The summed E-state index contributed by atoms with van der Waals surface area (Å²) in [5.41, 5.74) is 15.5. The van der Waals surface area contributed by atoms with E-state index in [9.17, 15) is 0 Å². The standard InChI is InChI=1S/C69H57N5/c1-66-31-11-13-33-68(66,3)73(50-22-15-20-48(39-50)70-5)62-29-27-45(37-60(62)66)64-53-25-9-10-26-54(53)65(59-42-57-55(47-19-17-35-72-43-47)36-44-18-7-8-24-52(44)56(57)41-58(59)64)46-28-30-63-61(38-46)67(2)32-12-14-34-69(67,4)74(63)51-23-16-21-49(40-51)71-6/h7-10,15-30,35-43H,11-14,31-34H2,1-4H3. The van der Waals surface area contributed by atoms with Crippen molar-refractivity contribution in [3.63, 3.8) is 0 Å². The molecule has 2 saturated carbocycles. The molecule has 0 bridgehead atoms. The van der Waals surface area contributed by atoms with Gasteiger partial charge >= 0.3 is 0 Å². The molecule has 1 aromatic heterocycles. The first kappa shape index (κ1) is 44.5. The zero-order valence-electron chi connectivity index (χ0n) is 42.6. The van der Waals surface area contributed by atoms with Crippen LogP contribution in [0.5, 0.6) is 0 Å². The van der Waals surface area contributed by atoms with Gasteiger partial charge in [-0.1, -0.05) is 131 Å². The van der Waals surface area contributed by atoms with Crippen molar-refractivity contribution in [1.82, 2.24) is 4.98 Å². The van der Waals surface area contributed by atoms with Gasteiger partial charge in [-0.3, -0.25) is 4.98 Å². The van der Waals surface area contributed by atoms with Gasteiger partial charge in [0, 0.05) is 51.5 Å². The number of hydrogen-bond donors (Lipinski definition) is 0. The van der Waals surface area contributed by atoms with Crippen molar-refractivity contribution in [1.29, 1.82) is 0 Å². The Morgan fingerprint density at radius 1 is 0.432 bits per heavy atom. The Hall–Kier alpha value is -8.25. The fourth-order valence-electron chi connectivity index (χ4n) is 15.1. The molecule has 0 N–H and O–H groups in total. The number of rotatable bonds is 5. The Kier molecular flexibility index (Phi) is 9.69. The average molecular weight is 956 g/mol. The van der Waals surface area contributed by atoms with Gasteiger partial charge in [0.15, 0.2) is 11.4 Å². The van der Waals surface area contributed by atoms with E-state index in [2.05, 4.69) is 186 Å². The van der Waals surface area contributed by atoms with E-state index < -0.39 is 0 Å². The third kappa shape index (κ3) is 6.05. The number of nitrogens with zero attached hydrogens (tertiary/aromatic N) is 5. The van der Waals surface area contributed by atoms with Crippen LogP contribution >= 0.6 is 0 Å². The van der Waals surface area contributed by atoms with E-state index in [-0.39, 0.29) is 21.9 Å². The van der Waals surface area contributed by atoms with Gasteiger partial charge in [-0.15, -0.1) is 0 Å². The summed E-state index contributed by atoms with van der Waals surface area (Å²) in [5.74, 6) is 0. The van der Waals surface area contributed by atoms with Crippen molar-refractivity contribution >= 4 is 77.2 Å². The van der Waals surface area contributed by atoms with Gasteiger partial charge in [-0.05, 0) is 194 Å². The third-order valence-corrected chi connectivity index (χ3v) is 19.2. The Morgan fingerprint density at radius 3 is 1.47 bits per heavy atom. The second-order valence-electron chi connectivity index (χ2n) is 22.7. The average Bonchev–Trinajstić information content (AvgIpc) is 3.96. The van der Waals surface area contributed by atoms with Crippen molar-refractivity contribution in [2.45, 2.75) is 101 Å². The zero-order valence-corrected chi connectivity index (χ0v) is 42.6. The highest BCUT2D eigenvalue weighted by atomic mass is 15.3. The van der Waals surface area contributed by atoms with Crippen molar-refractivity contribution in [2.75, 3.05) is 9.80 Å². The first-order valence-corrected chi connectivity index (χ1v) is 26.7. The minimum absolute atomic E-state index is 0.114. The van der Waals surface area contributed by atoms with Crippen LogP contribution in [0.3, 0.4) is 0 Å². The summed E-state index contributed by atoms with van der Waals surface area (Å²) in [4.78, 5) is 17.6. The summed E-state index contributed by atoms with van der Waals surface area (Å²) in [6.07, 6.45) is 13.0. The highest BCUT2D eigenvalue weighted by Crippen LogP contribution is 2.64. The molecule has 2 fully saturated rings. The summed E-state index contributed by atoms with van der Waals surface area (Å²) in [6.45, 7) is 25.8. The molecule has 4 aliphatic rings. The monoisotopic (exact) mass is 955 g/mol. The predicted octanol–water partition coefficient (Wildman–Crippen LogP) is 19.3. The molecule has 2 aliphatic carbocycles. The molecule has 5 nitrogen and oxygen atoms in total. The predicted molar refractivity (Wildman–Crippen MR) is 309 cm³/mol. The number of hydrogen-bond acceptors (Lipinski definition) is 3. The van der Waals surface area contributed by atoms with E-state index in [1.54, 1.807) is 0 Å². The van der Waals surface area contributed by atoms with Gasteiger partial charge in [-0.25, -0.2) is 9.69 Å². The quantitative estimate of drug-likeness (QED) is 0.0977. The Bertz CT molecular complexity index is 4100. The Labute approximate surface area is 434 Å². The lowest BCUT2D eigenvalue weighted by atomic mass is 9.61. The largest absolute Gasteiger partial charge is 0.336 e. The van der Waals surface area contributed by atoms with Gasteiger partial charge in [0.2, 0.25) is 0 Å². The smallest absolute Gasteiger partial charge is 0.189 e. The van der Waals surface area contributed by atoms with E-state index in [1.807, 2.05) is 42.7 Å². The molecule has 0 spiro atoms. The number of fused-ring (bicyclic) bond motifs is 11. The zero-order chi connectivity index (χ0) is 50.1. The minimum Gasteiger partial charge on any atom is -0.336 e. The van der Waals surface area contributed by atoms with Gasteiger partial charge in [0.05, 0.1) is 24.2 Å². The van der Waals surface area contributed by atoms with Crippen molar-refractivity contribution in [2.24, 2.45) is 0 Å². The van der Waals surface area contributed by atoms with Crippen molar-refractivity contribution in [3.05, 3.63) is 210 Å². The summed E-state index contributed by atoms with van der Waals surface area (Å²) >= 11 is 0. The number of anilines is 4. The van der Waals surface area contributed by atoms with Gasteiger partial charge in [0.1, 0.15) is 0 Å². The van der Waals surface area contributed by atoms with Crippen LogP contribution in [-0.4, -0.2) is 16.1 Å². The van der Waals surface area contributed by atoms with Crippen LogP contribution in [0.2, 0.25) is 0 Å². The van der Waals surface area contributed by atoms with E-state index in [4.69, 9.17) is 13.1 Å². The molecule has 4 atom stereocenters. The van der Waals surface area contributed by atoms with Crippen LogP contribution in [0.1, 0.15) is 90.2 Å². The first-order chi connectivity index (χ1) is 36.1. The number of aromatic nitrogens is 1. The van der Waals surface area contributed by atoms with E-state index in [0.717, 1.165) is 42.6 Å². The maximum atomic E-state index is 7.93. The molecule has 74 heavy (non-hydrogen) atoms. The topological polar surface area (TPSA) is 28.1 Å². The molecule has 4 unspecified atom stereocenters.